The Labute approximate surface area is 177 Å². The maximum atomic E-state index is 12.8. The van der Waals surface area contributed by atoms with Crippen molar-refractivity contribution in [1.29, 1.82) is 0 Å². The van der Waals surface area contributed by atoms with Crippen LogP contribution in [0.25, 0.3) is 11.0 Å². The van der Waals surface area contributed by atoms with Crippen molar-refractivity contribution >= 4 is 39.3 Å². The van der Waals surface area contributed by atoms with Crippen LogP contribution in [0.3, 0.4) is 0 Å². The molecule has 0 radical (unpaired) electrons. The van der Waals surface area contributed by atoms with E-state index in [2.05, 4.69) is 10.3 Å². The van der Waals surface area contributed by atoms with E-state index in [1.54, 1.807) is 0 Å². The topological polar surface area (TPSA) is 75.4 Å². The van der Waals surface area contributed by atoms with Crippen molar-refractivity contribution in [2.24, 2.45) is 0 Å². The molecule has 0 spiro atoms. The van der Waals surface area contributed by atoms with Crippen molar-refractivity contribution in [3.8, 4) is 0 Å². The second-order valence-corrected chi connectivity index (χ2v) is 8.32. The molecule has 0 atom stereocenters. The highest BCUT2D eigenvalue weighted by molar-refractivity contribution is 7.15. The summed E-state index contributed by atoms with van der Waals surface area (Å²) >= 11 is 1.41. The van der Waals surface area contributed by atoms with Gasteiger partial charge >= 0.3 is 0 Å². The number of benzene rings is 2. The average molecular weight is 417 g/mol. The monoisotopic (exact) mass is 417 g/mol. The molecule has 2 aromatic carbocycles. The van der Waals surface area contributed by atoms with E-state index in [0.717, 1.165) is 21.5 Å². The van der Waals surface area contributed by atoms with E-state index >= 15 is 0 Å². The van der Waals surface area contributed by atoms with Crippen LogP contribution in [-0.4, -0.2) is 28.2 Å². The number of anilines is 1. The Morgan fingerprint density at radius 1 is 1.10 bits per heavy atom. The molecule has 1 aliphatic rings. The maximum absolute atomic E-state index is 12.8. The summed E-state index contributed by atoms with van der Waals surface area (Å²) in [6, 6.07) is 16.9. The molecule has 0 saturated heterocycles. The fraction of sp³-hybridized carbons (Fsp3) is 0.174. The molecular formula is C23H19N3O3S. The fourth-order valence-corrected chi connectivity index (χ4v) is 4.75. The number of carbonyl (C=O) groups excluding carboxylic acids is 2. The summed E-state index contributed by atoms with van der Waals surface area (Å²) in [6.07, 6.45) is 0.671. The number of amides is 2. The van der Waals surface area contributed by atoms with Crippen LogP contribution < -0.4 is 5.32 Å². The quantitative estimate of drug-likeness (QED) is 0.527. The summed E-state index contributed by atoms with van der Waals surface area (Å²) in [5.74, 6) is -0.00425. The number of hydrogen-bond donors (Lipinski definition) is 1. The van der Waals surface area contributed by atoms with Crippen molar-refractivity contribution in [3.63, 3.8) is 0 Å². The van der Waals surface area contributed by atoms with Gasteiger partial charge in [0.2, 0.25) is 0 Å². The van der Waals surface area contributed by atoms with Gasteiger partial charge in [-0.2, -0.15) is 0 Å². The number of carbonyl (C=O) groups is 2. The van der Waals surface area contributed by atoms with E-state index in [9.17, 15) is 9.59 Å². The molecule has 3 heterocycles. The van der Waals surface area contributed by atoms with Crippen molar-refractivity contribution < 1.29 is 14.0 Å². The first kappa shape index (κ1) is 18.6. The van der Waals surface area contributed by atoms with Crippen molar-refractivity contribution in [2.45, 2.75) is 19.9 Å². The number of furan rings is 1. The van der Waals surface area contributed by atoms with E-state index in [1.807, 2.05) is 66.4 Å². The van der Waals surface area contributed by atoms with Gasteiger partial charge in [-0.25, -0.2) is 4.98 Å². The second kappa shape index (κ2) is 7.42. The number of nitrogens with one attached hydrogen (secondary N) is 1. The Morgan fingerprint density at radius 3 is 2.67 bits per heavy atom. The number of hydrogen-bond acceptors (Lipinski definition) is 5. The molecule has 1 aliphatic heterocycles. The summed E-state index contributed by atoms with van der Waals surface area (Å²) in [4.78, 5) is 32.9. The zero-order chi connectivity index (χ0) is 20.7. The molecule has 2 amide bonds. The lowest BCUT2D eigenvalue weighted by Crippen LogP contribution is -2.35. The predicted molar refractivity (Wildman–Crippen MR) is 116 cm³/mol. The molecular weight excluding hydrogens is 398 g/mol. The standard InChI is InChI=1S/C23H19N3O3S/c1-14-16-9-5-6-10-18(16)29-20(14)21(27)25-23-24-17-11-12-26(13-19(17)30-23)22(28)15-7-3-2-4-8-15/h2-10H,11-13H2,1H3,(H,24,25,27). The van der Waals surface area contributed by atoms with Crippen LogP contribution in [0.5, 0.6) is 0 Å². The van der Waals surface area contributed by atoms with Gasteiger partial charge in [0.05, 0.1) is 12.2 Å². The third-order valence-electron chi connectivity index (χ3n) is 5.31. The first-order valence-electron chi connectivity index (χ1n) is 9.72. The first-order chi connectivity index (χ1) is 14.6. The van der Waals surface area contributed by atoms with Gasteiger partial charge in [-0.1, -0.05) is 47.7 Å². The van der Waals surface area contributed by atoms with Crippen LogP contribution in [0.1, 0.15) is 37.0 Å². The lowest BCUT2D eigenvalue weighted by atomic mass is 10.1. The molecule has 0 aliphatic carbocycles. The minimum atomic E-state index is -0.313. The highest BCUT2D eigenvalue weighted by atomic mass is 32.1. The van der Waals surface area contributed by atoms with E-state index in [0.29, 0.717) is 41.5 Å². The van der Waals surface area contributed by atoms with Gasteiger partial charge < -0.3 is 9.32 Å². The van der Waals surface area contributed by atoms with Gasteiger partial charge in [0.25, 0.3) is 11.8 Å². The van der Waals surface area contributed by atoms with Crippen LogP contribution in [0.4, 0.5) is 5.13 Å². The van der Waals surface area contributed by atoms with Gasteiger partial charge in [0, 0.05) is 34.4 Å². The minimum Gasteiger partial charge on any atom is -0.451 e. The van der Waals surface area contributed by atoms with Gasteiger partial charge in [-0.15, -0.1) is 0 Å². The van der Waals surface area contributed by atoms with Crippen molar-refractivity contribution in [2.75, 3.05) is 11.9 Å². The van der Waals surface area contributed by atoms with E-state index in [-0.39, 0.29) is 11.8 Å². The Balaban J connectivity index is 1.33. The molecule has 0 bridgehead atoms. The Bertz CT molecular complexity index is 1260. The molecule has 4 aromatic rings. The molecule has 1 N–H and O–H groups in total. The molecule has 0 fully saturated rings. The predicted octanol–water partition coefficient (Wildman–Crippen LogP) is 4.65. The lowest BCUT2D eigenvalue weighted by molar-refractivity contribution is 0.0736. The van der Waals surface area contributed by atoms with Crippen LogP contribution in [0.2, 0.25) is 0 Å². The largest absolute Gasteiger partial charge is 0.451 e. The normalized spacial score (nSPS) is 13.3. The van der Waals surface area contributed by atoms with Gasteiger partial charge in [-0.3, -0.25) is 14.9 Å². The number of para-hydroxylation sites is 1. The summed E-state index contributed by atoms with van der Waals surface area (Å²) in [5, 5.41) is 4.32. The van der Waals surface area contributed by atoms with Crippen LogP contribution in [0, 0.1) is 6.92 Å². The number of rotatable bonds is 3. The number of aryl methyl sites for hydroxylation is 1. The molecule has 0 saturated carbocycles. The smallest absolute Gasteiger partial charge is 0.293 e. The van der Waals surface area contributed by atoms with Gasteiger partial charge in [-0.05, 0) is 25.1 Å². The maximum Gasteiger partial charge on any atom is 0.293 e. The van der Waals surface area contributed by atoms with E-state index in [4.69, 9.17) is 4.42 Å². The summed E-state index contributed by atoms with van der Waals surface area (Å²) < 4.78 is 5.74. The Morgan fingerprint density at radius 2 is 1.87 bits per heavy atom. The molecule has 2 aromatic heterocycles. The third kappa shape index (κ3) is 3.27. The summed E-state index contributed by atoms with van der Waals surface area (Å²) in [6.45, 7) is 2.99. The number of thiazole rings is 1. The highest BCUT2D eigenvalue weighted by Gasteiger charge is 2.26. The number of aromatic nitrogens is 1. The van der Waals surface area contributed by atoms with Gasteiger partial charge in [0.15, 0.2) is 10.9 Å². The summed E-state index contributed by atoms with van der Waals surface area (Å²) in [5.41, 5.74) is 3.12. The number of nitrogens with zero attached hydrogens (tertiary/aromatic N) is 2. The molecule has 5 rings (SSSR count). The third-order valence-corrected chi connectivity index (χ3v) is 6.31. The zero-order valence-electron chi connectivity index (χ0n) is 16.3. The highest BCUT2D eigenvalue weighted by Crippen LogP contribution is 2.30. The zero-order valence-corrected chi connectivity index (χ0v) is 17.2. The van der Waals surface area contributed by atoms with E-state index < -0.39 is 0 Å². The molecule has 30 heavy (non-hydrogen) atoms. The van der Waals surface area contributed by atoms with Crippen LogP contribution >= 0.6 is 11.3 Å². The molecule has 6 nitrogen and oxygen atoms in total. The molecule has 7 heteroatoms. The van der Waals surface area contributed by atoms with Gasteiger partial charge in [0.1, 0.15) is 5.58 Å². The molecule has 150 valence electrons. The SMILES string of the molecule is Cc1c(C(=O)Nc2nc3c(s2)CN(C(=O)c2ccccc2)CC3)oc2ccccc12. The number of fused-ring (bicyclic) bond motifs is 2. The lowest BCUT2D eigenvalue weighted by Gasteiger charge is -2.26. The van der Waals surface area contributed by atoms with Crippen LogP contribution in [0.15, 0.2) is 59.0 Å². The van der Waals surface area contributed by atoms with Crippen molar-refractivity contribution in [3.05, 3.63) is 82.1 Å². The first-order valence-corrected chi connectivity index (χ1v) is 10.5. The average Bonchev–Trinajstić information content (AvgIpc) is 3.33. The summed E-state index contributed by atoms with van der Waals surface area (Å²) in [7, 11) is 0. The van der Waals surface area contributed by atoms with Crippen molar-refractivity contribution in [1.82, 2.24) is 9.88 Å². The van der Waals surface area contributed by atoms with Crippen LogP contribution in [-0.2, 0) is 13.0 Å². The molecule has 0 unspecified atom stereocenters. The second-order valence-electron chi connectivity index (χ2n) is 7.24. The minimum absolute atomic E-state index is 0.0122. The Hall–Kier alpha value is -3.45. The fourth-order valence-electron chi connectivity index (χ4n) is 3.73. The Kier molecular flexibility index (Phi) is 4.59. The van der Waals surface area contributed by atoms with E-state index in [1.165, 1.54) is 11.3 Å².